The maximum atomic E-state index is 11.5. The summed E-state index contributed by atoms with van der Waals surface area (Å²) in [6.45, 7) is 0. The van der Waals surface area contributed by atoms with E-state index in [2.05, 4.69) is 0 Å². The Labute approximate surface area is 152 Å². The Morgan fingerprint density at radius 1 is 0.654 bits per heavy atom. The minimum atomic E-state index is -4.02. The van der Waals surface area contributed by atoms with Crippen molar-refractivity contribution in [2.24, 2.45) is 0 Å². The zero-order valence-electron chi connectivity index (χ0n) is 13.6. The summed E-state index contributed by atoms with van der Waals surface area (Å²) in [6, 6.07) is 25.6. The third kappa shape index (κ3) is 7.26. The van der Waals surface area contributed by atoms with Crippen molar-refractivity contribution in [3.63, 3.8) is 0 Å². The van der Waals surface area contributed by atoms with Crippen LogP contribution < -0.4 is 14.4 Å². The molecule has 0 aliphatic carbocycles. The smallest absolute Gasteiger partial charge is 0.418 e. The molecule has 0 unspecified atom stereocenters. The first-order valence-corrected chi connectivity index (χ1v) is 10.4. The summed E-state index contributed by atoms with van der Waals surface area (Å²) in [5.41, 5.74) is 0. The lowest BCUT2D eigenvalue weighted by molar-refractivity contribution is 0.387. The molecule has 0 saturated carbocycles. The zero-order valence-corrected chi connectivity index (χ0v) is 15.5. The molecule has 0 aliphatic rings. The molecule has 6 nitrogen and oxygen atoms in total. The summed E-state index contributed by atoms with van der Waals surface area (Å²) in [6.07, 6.45) is 0. The Balaban J connectivity index is 0.000000209. The minimum Gasteiger partial charge on any atom is -0.418 e. The Bertz CT molecular complexity index is 807. The SMILES string of the molecule is O=P(O)(O)c1ccccc1.O=[PH](Oc1ccccc1)Oc1ccccc1. The fraction of sp³-hybridized carbons (Fsp3) is 0. The molecule has 3 aromatic rings. The number of benzene rings is 3. The lowest BCUT2D eigenvalue weighted by Crippen LogP contribution is -2.01. The molecule has 0 saturated heterocycles. The van der Waals surface area contributed by atoms with Crippen molar-refractivity contribution in [2.45, 2.75) is 0 Å². The molecule has 0 radical (unpaired) electrons. The zero-order chi connectivity index (χ0) is 18.8. The summed E-state index contributed by atoms with van der Waals surface area (Å²) >= 11 is 0. The first kappa shape index (κ1) is 20.0. The van der Waals surface area contributed by atoms with Gasteiger partial charge >= 0.3 is 15.9 Å². The minimum absolute atomic E-state index is 0.0648. The van der Waals surface area contributed by atoms with Gasteiger partial charge in [-0.3, -0.25) is 4.57 Å². The van der Waals surface area contributed by atoms with Gasteiger partial charge in [0, 0.05) is 0 Å². The van der Waals surface area contributed by atoms with Gasteiger partial charge in [-0.2, -0.15) is 0 Å². The summed E-state index contributed by atoms with van der Waals surface area (Å²) in [5, 5.41) is 0.0648. The largest absolute Gasteiger partial charge is 0.418 e. The van der Waals surface area contributed by atoms with E-state index in [-0.39, 0.29) is 5.30 Å². The highest BCUT2D eigenvalue weighted by Gasteiger charge is 2.14. The molecule has 0 heterocycles. The van der Waals surface area contributed by atoms with Crippen LogP contribution in [0.15, 0.2) is 91.0 Å². The number of rotatable bonds is 5. The normalized spacial score (nSPS) is 10.6. The first-order chi connectivity index (χ1) is 12.4. The highest BCUT2D eigenvalue weighted by molar-refractivity contribution is 7.60. The van der Waals surface area contributed by atoms with Gasteiger partial charge in [-0.15, -0.1) is 0 Å². The van der Waals surface area contributed by atoms with E-state index >= 15 is 0 Å². The standard InChI is InChI=1S/C12H11O3P.C6H7O3P/c13-16(14-11-7-3-1-4-8-11)15-12-9-5-2-6-10-12;7-10(8,9)6-4-2-1-3-5-6/h1-10,16H;1-5H,(H2,7,8,9). The summed E-state index contributed by atoms with van der Waals surface area (Å²) < 4.78 is 32.3. The van der Waals surface area contributed by atoms with Crippen LogP contribution in [-0.4, -0.2) is 9.79 Å². The fourth-order valence-electron chi connectivity index (χ4n) is 1.81. The molecule has 2 N–H and O–H groups in total. The van der Waals surface area contributed by atoms with Crippen molar-refractivity contribution in [3.8, 4) is 11.5 Å². The van der Waals surface area contributed by atoms with Crippen LogP contribution >= 0.6 is 15.9 Å². The van der Waals surface area contributed by atoms with E-state index < -0.39 is 15.9 Å². The van der Waals surface area contributed by atoms with Gasteiger partial charge in [-0.05, 0) is 36.4 Å². The molecule has 0 spiro atoms. The van der Waals surface area contributed by atoms with E-state index in [9.17, 15) is 9.13 Å². The van der Waals surface area contributed by atoms with Crippen molar-refractivity contribution >= 4 is 21.2 Å². The van der Waals surface area contributed by atoms with Gasteiger partial charge in [0.25, 0.3) is 0 Å². The lowest BCUT2D eigenvalue weighted by atomic mass is 10.3. The summed E-state index contributed by atoms with van der Waals surface area (Å²) in [4.78, 5) is 17.2. The van der Waals surface area contributed by atoms with Crippen LogP contribution in [-0.2, 0) is 9.13 Å². The lowest BCUT2D eigenvalue weighted by Gasteiger charge is -2.07. The Morgan fingerprint density at radius 3 is 1.31 bits per heavy atom. The molecule has 0 aromatic heterocycles. The van der Waals surface area contributed by atoms with Crippen molar-refractivity contribution in [1.82, 2.24) is 0 Å². The van der Waals surface area contributed by atoms with E-state index in [0.29, 0.717) is 11.5 Å². The highest BCUT2D eigenvalue weighted by Crippen LogP contribution is 2.32. The number of hydrogen-bond acceptors (Lipinski definition) is 4. The summed E-state index contributed by atoms with van der Waals surface area (Å²) in [7, 11) is -6.56. The van der Waals surface area contributed by atoms with Crippen LogP contribution in [0.2, 0.25) is 0 Å². The molecule has 8 heteroatoms. The van der Waals surface area contributed by atoms with Gasteiger partial charge in [0.05, 0.1) is 5.30 Å². The van der Waals surface area contributed by atoms with Crippen LogP contribution in [0.5, 0.6) is 11.5 Å². The van der Waals surface area contributed by atoms with E-state index in [1.807, 2.05) is 36.4 Å². The van der Waals surface area contributed by atoms with Crippen LogP contribution in [0.25, 0.3) is 0 Å². The maximum Gasteiger partial charge on any atom is 0.418 e. The second kappa shape index (κ2) is 9.95. The van der Waals surface area contributed by atoms with Crippen LogP contribution in [0.4, 0.5) is 0 Å². The van der Waals surface area contributed by atoms with Crippen LogP contribution in [0.3, 0.4) is 0 Å². The van der Waals surface area contributed by atoms with E-state index in [1.165, 1.54) is 12.1 Å². The first-order valence-electron chi connectivity index (χ1n) is 7.56. The monoisotopic (exact) mass is 392 g/mol. The van der Waals surface area contributed by atoms with Gasteiger partial charge in [-0.1, -0.05) is 54.6 Å². The predicted octanol–water partition coefficient (Wildman–Crippen LogP) is 4.02. The highest BCUT2D eigenvalue weighted by atomic mass is 31.2. The Kier molecular flexibility index (Phi) is 7.64. The Morgan fingerprint density at radius 2 is 1.00 bits per heavy atom. The molecule has 0 atom stereocenters. The van der Waals surface area contributed by atoms with Gasteiger partial charge in [0.1, 0.15) is 11.5 Å². The Hall–Kier alpha value is -2.36. The van der Waals surface area contributed by atoms with Crippen molar-refractivity contribution in [2.75, 3.05) is 0 Å². The second-order valence-electron chi connectivity index (χ2n) is 4.96. The van der Waals surface area contributed by atoms with Gasteiger partial charge in [-0.25, -0.2) is 4.57 Å². The average molecular weight is 392 g/mol. The van der Waals surface area contributed by atoms with Crippen molar-refractivity contribution in [1.29, 1.82) is 0 Å². The molecule has 26 heavy (non-hydrogen) atoms. The quantitative estimate of drug-likeness (QED) is 0.637. The molecule has 136 valence electrons. The average Bonchev–Trinajstić information content (AvgIpc) is 2.64. The van der Waals surface area contributed by atoms with Gasteiger partial charge in [0.2, 0.25) is 0 Å². The molecule has 3 aromatic carbocycles. The molecular weight excluding hydrogens is 374 g/mol. The van der Waals surface area contributed by atoms with E-state index in [0.717, 1.165) is 0 Å². The molecule has 3 rings (SSSR count). The van der Waals surface area contributed by atoms with Gasteiger partial charge < -0.3 is 18.8 Å². The van der Waals surface area contributed by atoms with Crippen molar-refractivity contribution in [3.05, 3.63) is 91.0 Å². The summed E-state index contributed by atoms with van der Waals surface area (Å²) in [5.74, 6) is 1.09. The third-order valence-electron chi connectivity index (χ3n) is 2.98. The van der Waals surface area contributed by atoms with Crippen LogP contribution in [0.1, 0.15) is 0 Å². The third-order valence-corrected chi connectivity index (χ3v) is 4.76. The fourth-order valence-corrected chi connectivity index (χ4v) is 3.07. The topological polar surface area (TPSA) is 93.1 Å². The predicted molar refractivity (Wildman–Crippen MR) is 101 cm³/mol. The number of hydrogen-bond donors (Lipinski definition) is 2. The second-order valence-corrected chi connectivity index (χ2v) is 7.47. The van der Waals surface area contributed by atoms with E-state index in [4.69, 9.17) is 18.8 Å². The van der Waals surface area contributed by atoms with Gasteiger partial charge in [0.15, 0.2) is 0 Å². The van der Waals surface area contributed by atoms with Crippen LogP contribution in [0, 0.1) is 0 Å². The van der Waals surface area contributed by atoms with Crippen molar-refractivity contribution < 1.29 is 28.0 Å². The number of para-hydroxylation sites is 2. The maximum absolute atomic E-state index is 11.5. The molecule has 0 fully saturated rings. The molecule has 0 aliphatic heterocycles. The van der Waals surface area contributed by atoms with E-state index in [1.54, 1.807) is 42.5 Å². The molecule has 0 bridgehead atoms. The molecule has 0 amide bonds. The molecular formula is C18H18O6P2.